The molecule has 1 unspecified atom stereocenters. The number of para-hydroxylation sites is 1. The summed E-state index contributed by atoms with van der Waals surface area (Å²) in [6.07, 6.45) is 4.52. The first-order chi connectivity index (χ1) is 12.3. The molecule has 3 aliphatic rings. The van der Waals surface area contributed by atoms with Crippen LogP contribution in [-0.4, -0.2) is 42.2 Å². The van der Waals surface area contributed by atoms with Gasteiger partial charge in [0.2, 0.25) is 0 Å². The van der Waals surface area contributed by atoms with Crippen molar-refractivity contribution in [3.8, 4) is 0 Å². The van der Waals surface area contributed by atoms with Gasteiger partial charge in [-0.1, -0.05) is 18.2 Å². The molecule has 0 spiro atoms. The van der Waals surface area contributed by atoms with Crippen molar-refractivity contribution in [3.05, 3.63) is 35.5 Å². The SMILES string of the molecule is COC(=O)COC1C[C@@H]2CCCN3CCc4c(n1c1ccccc41)[C@@H]23. The summed E-state index contributed by atoms with van der Waals surface area (Å²) in [5.74, 6) is 0.310. The van der Waals surface area contributed by atoms with Crippen molar-refractivity contribution in [2.45, 2.75) is 38.0 Å². The molecule has 5 nitrogen and oxygen atoms in total. The average molecular weight is 340 g/mol. The first-order valence-electron chi connectivity index (χ1n) is 9.32. The molecule has 132 valence electrons. The van der Waals surface area contributed by atoms with E-state index in [4.69, 9.17) is 9.47 Å². The second-order valence-corrected chi connectivity index (χ2v) is 7.46. The maximum absolute atomic E-state index is 11.6. The molecule has 0 bridgehead atoms. The number of nitrogens with zero attached hydrogens (tertiary/aromatic N) is 2. The number of benzene rings is 1. The van der Waals surface area contributed by atoms with Crippen molar-refractivity contribution >= 4 is 16.9 Å². The Morgan fingerprint density at radius 3 is 3.04 bits per heavy atom. The van der Waals surface area contributed by atoms with Crippen LogP contribution in [0.4, 0.5) is 0 Å². The number of fused-ring (bicyclic) bond motifs is 3. The van der Waals surface area contributed by atoms with E-state index >= 15 is 0 Å². The molecule has 5 heteroatoms. The highest BCUT2D eigenvalue weighted by molar-refractivity contribution is 5.86. The van der Waals surface area contributed by atoms with Crippen LogP contribution >= 0.6 is 0 Å². The van der Waals surface area contributed by atoms with Gasteiger partial charge < -0.3 is 14.0 Å². The molecule has 3 aliphatic heterocycles. The van der Waals surface area contributed by atoms with Crippen molar-refractivity contribution in [1.29, 1.82) is 0 Å². The minimum atomic E-state index is -0.308. The monoisotopic (exact) mass is 340 g/mol. The van der Waals surface area contributed by atoms with E-state index in [2.05, 4.69) is 33.7 Å². The molecule has 25 heavy (non-hydrogen) atoms. The summed E-state index contributed by atoms with van der Waals surface area (Å²) in [5.41, 5.74) is 4.18. The van der Waals surface area contributed by atoms with Crippen molar-refractivity contribution in [1.82, 2.24) is 9.47 Å². The molecule has 5 rings (SSSR count). The highest BCUT2D eigenvalue weighted by Crippen LogP contribution is 2.51. The Morgan fingerprint density at radius 1 is 1.28 bits per heavy atom. The highest BCUT2D eigenvalue weighted by atomic mass is 16.6. The van der Waals surface area contributed by atoms with E-state index in [1.54, 1.807) is 0 Å². The Labute approximate surface area is 147 Å². The van der Waals surface area contributed by atoms with Crippen LogP contribution in [0.15, 0.2) is 24.3 Å². The van der Waals surface area contributed by atoms with Gasteiger partial charge in [0.15, 0.2) is 0 Å². The van der Waals surface area contributed by atoms with Gasteiger partial charge in [0, 0.05) is 17.6 Å². The summed E-state index contributed by atoms with van der Waals surface area (Å²) in [6.45, 7) is 2.38. The smallest absolute Gasteiger partial charge is 0.331 e. The zero-order valence-electron chi connectivity index (χ0n) is 14.6. The Balaban J connectivity index is 1.65. The predicted octanol–water partition coefficient (Wildman–Crippen LogP) is 3.04. The summed E-state index contributed by atoms with van der Waals surface area (Å²) < 4.78 is 13.2. The number of ether oxygens (including phenoxy) is 2. The molecule has 0 radical (unpaired) electrons. The molecule has 1 aromatic carbocycles. The molecule has 0 amide bonds. The second-order valence-electron chi connectivity index (χ2n) is 7.46. The molecule has 1 fully saturated rings. The van der Waals surface area contributed by atoms with E-state index in [1.165, 1.54) is 48.7 Å². The third-order valence-electron chi connectivity index (χ3n) is 6.26. The van der Waals surface area contributed by atoms with Crippen molar-refractivity contribution in [3.63, 3.8) is 0 Å². The summed E-state index contributed by atoms with van der Waals surface area (Å²) >= 11 is 0. The Bertz CT molecular complexity index is 828. The lowest BCUT2D eigenvalue weighted by Crippen LogP contribution is -2.47. The number of piperidine rings is 1. The molecule has 1 aromatic heterocycles. The lowest BCUT2D eigenvalue weighted by molar-refractivity contribution is -0.152. The van der Waals surface area contributed by atoms with Gasteiger partial charge in [-0.25, -0.2) is 4.79 Å². The molecule has 0 aliphatic carbocycles. The van der Waals surface area contributed by atoms with E-state index in [0.29, 0.717) is 12.0 Å². The Hall–Kier alpha value is -1.85. The van der Waals surface area contributed by atoms with Crippen LogP contribution < -0.4 is 0 Å². The molecule has 2 aromatic rings. The van der Waals surface area contributed by atoms with Crippen LogP contribution in [0.1, 0.15) is 42.8 Å². The van der Waals surface area contributed by atoms with E-state index in [1.807, 2.05) is 0 Å². The number of aromatic nitrogens is 1. The van der Waals surface area contributed by atoms with Crippen LogP contribution in [-0.2, 0) is 20.7 Å². The van der Waals surface area contributed by atoms with Crippen molar-refractivity contribution < 1.29 is 14.3 Å². The topological polar surface area (TPSA) is 43.7 Å². The van der Waals surface area contributed by atoms with Gasteiger partial charge in [-0.15, -0.1) is 0 Å². The van der Waals surface area contributed by atoms with Gasteiger partial charge in [-0.05, 0) is 49.8 Å². The fourth-order valence-corrected chi connectivity index (χ4v) is 5.28. The molecule has 4 heterocycles. The largest absolute Gasteiger partial charge is 0.467 e. The van der Waals surface area contributed by atoms with E-state index in [-0.39, 0.29) is 18.8 Å². The fourth-order valence-electron chi connectivity index (χ4n) is 5.28. The number of methoxy groups -OCH3 is 1. The third kappa shape index (κ3) is 2.26. The minimum absolute atomic E-state index is 0.0174. The summed E-state index contributed by atoms with van der Waals surface area (Å²) in [5, 5.41) is 1.36. The number of rotatable bonds is 3. The van der Waals surface area contributed by atoms with E-state index < -0.39 is 0 Å². The van der Waals surface area contributed by atoms with Gasteiger partial charge in [0.25, 0.3) is 0 Å². The first kappa shape index (κ1) is 15.4. The zero-order valence-corrected chi connectivity index (χ0v) is 14.6. The van der Waals surface area contributed by atoms with Crippen LogP contribution in [0.25, 0.3) is 10.9 Å². The minimum Gasteiger partial charge on any atom is -0.467 e. The second kappa shape index (κ2) is 5.85. The van der Waals surface area contributed by atoms with Crippen LogP contribution in [0, 0.1) is 5.92 Å². The number of carbonyl (C=O) groups is 1. The van der Waals surface area contributed by atoms with E-state index in [9.17, 15) is 4.79 Å². The molecule has 3 atom stereocenters. The molecule has 0 N–H and O–H groups in total. The van der Waals surface area contributed by atoms with Gasteiger partial charge in [-0.2, -0.15) is 0 Å². The normalized spacial score (nSPS) is 28.0. The molecular formula is C20H24N2O3. The summed E-state index contributed by atoms with van der Waals surface area (Å²) in [6, 6.07) is 9.17. The Morgan fingerprint density at radius 2 is 2.16 bits per heavy atom. The summed E-state index contributed by atoms with van der Waals surface area (Å²) in [4.78, 5) is 14.3. The van der Waals surface area contributed by atoms with Gasteiger partial charge in [0.05, 0.1) is 18.7 Å². The number of carbonyl (C=O) groups excluding carboxylic acids is 1. The van der Waals surface area contributed by atoms with Crippen LogP contribution in [0.5, 0.6) is 0 Å². The van der Waals surface area contributed by atoms with Gasteiger partial charge >= 0.3 is 5.97 Å². The molecular weight excluding hydrogens is 316 g/mol. The van der Waals surface area contributed by atoms with Crippen molar-refractivity contribution in [2.24, 2.45) is 5.92 Å². The standard InChI is InChI=1S/C20H24N2O3/c1-24-18(23)12-25-17-11-13-5-4-9-21-10-8-15-14-6-2-3-7-16(14)22(17)20(15)19(13)21/h2-3,6-7,13,17,19H,4-5,8-12H2,1H3/t13-,17?,19+/m0/s1. The van der Waals surface area contributed by atoms with Crippen molar-refractivity contribution in [2.75, 3.05) is 26.8 Å². The van der Waals surface area contributed by atoms with Crippen LogP contribution in [0.3, 0.4) is 0 Å². The van der Waals surface area contributed by atoms with Crippen LogP contribution in [0.2, 0.25) is 0 Å². The lowest BCUT2D eigenvalue weighted by atomic mass is 9.78. The molecule has 0 saturated carbocycles. The lowest BCUT2D eigenvalue weighted by Gasteiger charge is -2.49. The Kier molecular flexibility index (Phi) is 3.61. The van der Waals surface area contributed by atoms with E-state index in [0.717, 1.165) is 19.4 Å². The third-order valence-corrected chi connectivity index (χ3v) is 6.26. The highest BCUT2D eigenvalue weighted by Gasteiger charge is 2.45. The quantitative estimate of drug-likeness (QED) is 0.806. The van der Waals surface area contributed by atoms with Gasteiger partial charge in [-0.3, -0.25) is 4.90 Å². The molecule has 1 saturated heterocycles. The number of esters is 1. The fraction of sp³-hybridized carbons (Fsp3) is 0.550. The maximum atomic E-state index is 11.6. The zero-order chi connectivity index (χ0) is 17.0. The first-order valence-corrected chi connectivity index (χ1v) is 9.32. The summed E-state index contributed by atoms with van der Waals surface area (Å²) in [7, 11) is 1.41. The number of hydrogen-bond acceptors (Lipinski definition) is 4. The van der Waals surface area contributed by atoms with Gasteiger partial charge in [0.1, 0.15) is 12.8 Å². The number of hydrogen-bond donors (Lipinski definition) is 0. The predicted molar refractivity (Wildman–Crippen MR) is 94.3 cm³/mol. The maximum Gasteiger partial charge on any atom is 0.331 e. The average Bonchev–Trinajstić information content (AvgIpc) is 3.00.